The first-order chi connectivity index (χ1) is 13.1. The van der Waals surface area contributed by atoms with Gasteiger partial charge in [-0.15, -0.1) is 35.3 Å². The van der Waals surface area contributed by atoms with Crippen LogP contribution in [0.3, 0.4) is 0 Å². The SMILES string of the molecule is CN=C(NCCc1csc(C)n1)NCCS(=O)(=O)c1ccc(C(C)(C)C)cc1.I. The summed E-state index contributed by atoms with van der Waals surface area (Å²) in [5, 5.41) is 9.35. The molecule has 162 valence electrons. The Hall–Kier alpha value is -1.20. The minimum absolute atomic E-state index is 0. The number of hydrogen-bond acceptors (Lipinski definition) is 5. The Morgan fingerprint density at radius 1 is 1.14 bits per heavy atom. The molecule has 2 aromatic rings. The molecular weight excluding hydrogens is 519 g/mol. The Balaban J connectivity index is 0.00000420. The average molecular weight is 551 g/mol. The number of hydrogen-bond donors (Lipinski definition) is 2. The van der Waals surface area contributed by atoms with Gasteiger partial charge < -0.3 is 10.6 Å². The first-order valence-electron chi connectivity index (χ1n) is 9.30. The van der Waals surface area contributed by atoms with Crippen LogP contribution in [0.5, 0.6) is 0 Å². The Bertz CT molecular complexity index is 901. The number of aromatic nitrogens is 1. The molecule has 2 rings (SSSR count). The van der Waals surface area contributed by atoms with Gasteiger partial charge in [0.2, 0.25) is 0 Å². The summed E-state index contributed by atoms with van der Waals surface area (Å²) in [4.78, 5) is 8.91. The molecule has 0 radical (unpaired) electrons. The molecule has 29 heavy (non-hydrogen) atoms. The van der Waals surface area contributed by atoms with E-state index >= 15 is 0 Å². The van der Waals surface area contributed by atoms with E-state index in [1.165, 1.54) is 0 Å². The second-order valence-electron chi connectivity index (χ2n) is 7.63. The zero-order valence-electron chi connectivity index (χ0n) is 17.7. The smallest absolute Gasteiger partial charge is 0.191 e. The van der Waals surface area contributed by atoms with Crippen molar-refractivity contribution < 1.29 is 8.42 Å². The van der Waals surface area contributed by atoms with E-state index in [9.17, 15) is 8.42 Å². The van der Waals surface area contributed by atoms with Gasteiger partial charge in [-0.05, 0) is 30.0 Å². The van der Waals surface area contributed by atoms with Gasteiger partial charge in [-0.2, -0.15) is 0 Å². The van der Waals surface area contributed by atoms with Crippen molar-refractivity contribution in [2.75, 3.05) is 25.9 Å². The van der Waals surface area contributed by atoms with E-state index in [0.717, 1.165) is 22.7 Å². The van der Waals surface area contributed by atoms with Gasteiger partial charge in [-0.1, -0.05) is 32.9 Å². The monoisotopic (exact) mass is 550 g/mol. The predicted molar refractivity (Wildman–Crippen MR) is 133 cm³/mol. The van der Waals surface area contributed by atoms with Crippen LogP contribution in [0, 0.1) is 6.92 Å². The number of rotatable bonds is 7. The highest BCUT2D eigenvalue weighted by atomic mass is 127. The summed E-state index contributed by atoms with van der Waals surface area (Å²) < 4.78 is 25.1. The Kier molecular flexibility index (Phi) is 10.0. The zero-order chi connectivity index (χ0) is 20.8. The van der Waals surface area contributed by atoms with Crippen LogP contribution < -0.4 is 10.6 Å². The highest BCUT2D eigenvalue weighted by molar-refractivity contribution is 14.0. The summed E-state index contributed by atoms with van der Waals surface area (Å²) in [7, 11) is -1.67. The van der Waals surface area contributed by atoms with E-state index in [0.29, 0.717) is 23.9 Å². The van der Waals surface area contributed by atoms with E-state index in [4.69, 9.17) is 0 Å². The minimum atomic E-state index is -3.34. The average Bonchev–Trinajstić information content (AvgIpc) is 3.05. The summed E-state index contributed by atoms with van der Waals surface area (Å²) in [5.74, 6) is 0.596. The number of halogens is 1. The van der Waals surface area contributed by atoms with Crippen molar-refractivity contribution in [2.45, 2.75) is 44.4 Å². The number of benzene rings is 1. The number of aryl methyl sites for hydroxylation is 1. The van der Waals surface area contributed by atoms with Crippen LogP contribution in [-0.4, -0.2) is 45.3 Å². The number of nitrogens with one attached hydrogen (secondary N) is 2. The van der Waals surface area contributed by atoms with Crippen molar-refractivity contribution in [1.82, 2.24) is 15.6 Å². The van der Waals surface area contributed by atoms with Crippen LogP contribution in [-0.2, 0) is 21.7 Å². The van der Waals surface area contributed by atoms with Gasteiger partial charge in [-0.3, -0.25) is 4.99 Å². The standard InChI is InChI=1S/C20H30N4O2S2.HI/c1-15-24-17(14-27-15)10-11-22-19(21-5)23-12-13-28(25,26)18-8-6-16(7-9-18)20(2,3)4;/h6-9,14H,10-13H2,1-5H3,(H2,21,22,23);1H. The highest BCUT2D eigenvalue weighted by Crippen LogP contribution is 2.23. The van der Waals surface area contributed by atoms with Crippen LogP contribution in [0.15, 0.2) is 39.5 Å². The maximum Gasteiger partial charge on any atom is 0.191 e. The summed E-state index contributed by atoms with van der Waals surface area (Å²) in [6.45, 7) is 9.28. The fourth-order valence-electron chi connectivity index (χ4n) is 2.64. The molecule has 0 amide bonds. The molecule has 0 unspecified atom stereocenters. The van der Waals surface area contributed by atoms with Gasteiger partial charge in [-0.25, -0.2) is 13.4 Å². The van der Waals surface area contributed by atoms with Crippen molar-refractivity contribution in [3.63, 3.8) is 0 Å². The summed E-state index contributed by atoms with van der Waals surface area (Å²) in [6, 6.07) is 7.17. The molecular formula is C20H31IN4O2S2. The molecule has 0 aliphatic heterocycles. The van der Waals surface area contributed by atoms with Crippen LogP contribution in [0.1, 0.15) is 37.0 Å². The van der Waals surface area contributed by atoms with E-state index in [1.54, 1.807) is 30.5 Å². The molecule has 0 fully saturated rings. The largest absolute Gasteiger partial charge is 0.356 e. The third kappa shape index (κ3) is 8.21. The van der Waals surface area contributed by atoms with E-state index < -0.39 is 9.84 Å². The Labute approximate surface area is 195 Å². The number of guanidine groups is 1. The maximum atomic E-state index is 12.6. The van der Waals surface area contributed by atoms with Crippen molar-refractivity contribution >= 4 is 51.1 Å². The van der Waals surface area contributed by atoms with Crippen molar-refractivity contribution in [3.05, 3.63) is 45.9 Å². The fraction of sp³-hybridized carbons (Fsp3) is 0.500. The van der Waals surface area contributed by atoms with E-state index in [2.05, 4.69) is 41.4 Å². The maximum absolute atomic E-state index is 12.6. The Morgan fingerprint density at radius 2 is 1.76 bits per heavy atom. The molecule has 2 N–H and O–H groups in total. The van der Waals surface area contributed by atoms with Crippen LogP contribution in [0.4, 0.5) is 0 Å². The third-order valence-electron chi connectivity index (χ3n) is 4.31. The van der Waals surface area contributed by atoms with Gasteiger partial charge in [0.25, 0.3) is 0 Å². The van der Waals surface area contributed by atoms with Crippen molar-refractivity contribution in [2.24, 2.45) is 4.99 Å². The number of aliphatic imine (C=N–C) groups is 1. The lowest BCUT2D eigenvalue weighted by Gasteiger charge is -2.19. The molecule has 1 heterocycles. The van der Waals surface area contributed by atoms with Crippen molar-refractivity contribution in [3.8, 4) is 0 Å². The molecule has 9 heteroatoms. The molecule has 1 aromatic carbocycles. The lowest BCUT2D eigenvalue weighted by molar-refractivity contribution is 0.586. The van der Waals surface area contributed by atoms with Crippen molar-refractivity contribution in [1.29, 1.82) is 0 Å². The lowest BCUT2D eigenvalue weighted by Crippen LogP contribution is -2.40. The molecule has 0 aliphatic rings. The molecule has 1 aromatic heterocycles. The zero-order valence-corrected chi connectivity index (χ0v) is 21.6. The molecule has 6 nitrogen and oxygen atoms in total. The van der Waals surface area contributed by atoms with Gasteiger partial charge >= 0.3 is 0 Å². The molecule has 0 atom stereocenters. The molecule has 0 aliphatic carbocycles. The summed E-state index contributed by atoms with van der Waals surface area (Å²) in [5.41, 5.74) is 2.16. The second kappa shape index (κ2) is 11.3. The number of nitrogens with zero attached hydrogens (tertiary/aromatic N) is 2. The minimum Gasteiger partial charge on any atom is -0.356 e. The van der Waals surface area contributed by atoms with Crippen LogP contribution in [0.25, 0.3) is 0 Å². The first kappa shape index (κ1) is 25.8. The van der Waals surface area contributed by atoms with E-state index in [1.807, 2.05) is 24.4 Å². The van der Waals surface area contributed by atoms with Crippen LogP contribution >= 0.6 is 35.3 Å². The third-order valence-corrected chi connectivity index (χ3v) is 6.86. The number of thiazole rings is 1. The van der Waals surface area contributed by atoms with Crippen LogP contribution in [0.2, 0.25) is 0 Å². The van der Waals surface area contributed by atoms with Gasteiger partial charge in [0.1, 0.15) is 0 Å². The van der Waals surface area contributed by atoms with E-state index in [-0.39, 0.29) is 35.1 Å². The predicted octanol–water partition coefficient (Wildman–Crippen LogP) is 3.55. The summed E-state index contributed by atoms with van der Waals surface area (Å²) in [6.07, 6.45) is 0.795. The van der Waals surface area contributed by atoms with Gasteiger partial charge in [0, 0.05) is 31.9 Å². The highest BCUT2D eigenvalue weighted by Gasteiger charge is 2.17. The number of sulfone groups is 1. The summed E-state index contributed by atoms with van der Waals surface area (Å²) >= 11 is 1.63. The normalized spacial score (nSPS) is 12.4. The van der Waals surface area contributed by atoms with Gasteiger partial charge in [0.15, 0.2) is 15.8 Å². The molecule has 0 saturated heterocycles. The topological polar surface area (TPSA) is 83.4 Å². The Morgan fingerprint density at radius 3 is 2.28 bits per heavy atom. The second-order valence-corrected chi connectivity index (χ2v) is 10.8. The molecule has 0 bridgehead atoms. The first-order valence-corrected chi connectivity index (χ1v) is 11.8. The molecule has 0 saturated carbocycles. The molecule has 0 spiro atoms. The fourth-order valence-corrected chi connectivity index (χ4v) is 4.44. The van der Waals surface area contributed by atoms with Gasteiger partial charge in [0.05, 0.1) is 21.3 Å². The quantitative estimate of drug-likeness (QED) is 0.313. The lowest BCUT2D eigenvalue weighted by atomic mass is 9.87.